The molecule has 0 amide bonds. The second kappa shape index (κ2) is 4.32. The van der Waals surface area contributed by atoms with Crippen LogP contribution in [0.2, 0.25) is 0 Å². The van der Waals surface area contributed by atoms with Crippen molar-refractivity contribution in [3.05, 3.63) is 9.16 Å². The second-order valence-electron chi connectivity index (χ2n) is 1.27. The van der Waals surface area contributed by atoms with Crippen LogP contribution in [-0.2, 0) is 22.1 Å². The maximum absolute atomic E-state index is 3.53. The fourth-order valence-electron chi connectivity index (χ4n) is 0.0772. The minimum atomic E-state index is -0.583. The van der Waals surface area contributed by atoms with Gasteiger partial charge in [-0.05, 0) is 0 Å². The molecule has 0 atom stereocenters. The van der Waals surface area contributed by atoms with E-state index in [4.69, 9.17) is 0 Å². The van der Waals surface area contributed by atoms with Crippen molar-refractivity contribution in [2.75, 3.05) is 0 Å². The van der Waals surface area contributed by atoms with Gasteiger partial charge in [0.15, 0.2) is 0 Å². The molecule has 0 N–H and O–H groups in total. The van der Waals surface area contributed by atoms with Gasteiger partial charge in [0.2, 0.25) is 0 Å². The first-order valence-electron chi connectivity index (χ1n) is 1.99. The third-order valence-electron chi connectivity index (χ3n) is 0.704. The zero-order valence-corrected chi connectivity index (χ0v) is 11.2. The molecule has 0 fully saturated rings. The van der Waals surface area contributed by atoms with Gasteiger partial charge in [-0.25, -0.2) is 0 Å². The summed E-state index contributed by atoms with van der Waals surface area (Å²) in [6, 6.07) is 0. The summed E-state index contributed by atoms with van der Waals surface area (Å²) < 4.78 is 1.61. The molecule has 0 aliphatic rings. The molecule has 0 aromatic carbocycles. The average molecular weight is 336 g/mol. The van der Waals surface area contributed by atoms with Crippen molar-refractivity contribution >= 4 is 11.9 Å². The fourth-order valence-corrected chi connectivity index (χ4v) is 3.52. The van der Waals surface area contributed by atoms with Crippen LogP contribution in [0.5, 0.6) is 0 Å². The Hall–Kier alpha value is 1.16. The van der Waals surface area contributed by atoms with E-state index in [0.717, 1.165) is 0 Å². The van der Waals surface area contributed by atoms with Crippen LogP contribution in [-0.4, -0.2) is 0 Å². The molecule has 0 unspecified atom stereocenters. The van der Waals surface area contributed by atoms with E-state index in [1.54, 1.807) is 3.08 Å². The van der Waals surface area contributed by atoms with Crippen LogP contribution >= 0.6 is 11.9 Å². The monoisotopic (exact) mass is 336 g/mol. The molecule has 0 radical (unpaired) electrons. The molecule has 0 saturated carbocycles. The van der Waals surface area contributed by atoms with E-state index >= 15 is 0 Å². The maximum atomic E-state index is 3.53. The van der Waals surface area contributed by atoms with Crippen LogP contribution in [0.25, 0.3) is 0 Å². The van der Waals surface area contributed by atoms with Gasteiger partial charge in [-0.1, -0.05) is 0 Å². The Labute approximate surface area is 56.7 Å². The third kappa shape index (κ3) is 3.35. The Balaban J connectivity index is 3.22. The van der Waals surface area contributed by atoms with Crippen molar-refractivity contribution < 1.29 is 22.1 Å². The molecule has 0 aliphatic carbocycles. The van der Waals surface area contributed by atoms with Gasteiger partial charge in [0.25, 0.3) is 0 Å². The summed E-state index contributed by atoms with van der Waals surface area (Å²) in [4.78, 5) is 0. The minimum absolute atomic E-state index is 0.583. The molecule has 32 valence electrons. The van der Waals surface area contributed by atoms with Crippen molar-refractivity contribution in [1.29, 1.82) is 0 Å². The van der Waals surface area contributed by atoms with Crippen molar-refractivity contribution in [3.63, 3.8) is 0 Å². The molecule has 0 rings (SSSR count). The Morgan fingerprint density at radius 1 is 1.83 bits per heavy atom. The Bertz CT molecular complexity index is 58.6. The number of rotatable bonds is 1. The average Bonchev–Trinajstić information content (AvgIpc) is 1.65. The van der Waals surface area contributed by atoms with Crippen LogP contribution in [0.1, 0.15) is 13.8 Å². The second-order valence-corrected chi connectivity index (χ2v) is 11.6. The molecule has 0 saturated heterocycles. The van der Waals surface area contributed by atoms with E-state index in [1.165, 1.54) is 0 Å². The van der Waals surface area contributed by atoms with E-state index in [-0.39, 0.29) is 0 Å². The summed E-state index contributed by atoms with van der Waals surface area (Å²) in [5.41, 5.74) is 0. The van der Waals surface area contributed by atoms with E-state index in [9.17, 15) is 0 Å². The first-order valence-corrected chi connectivity index (χ1v) is 16.7. The topological polar surface area (TPSA) is 0 Å². The van der Waals surface area contributed by atoms with Crippen LogP contribution in [0.15, 0.2) is 9.16 Å². The zero-order valence-electron chi connectivity index (χ0n) is 4.16. The number of hydrogen-bond acceptors (Lipinski definition) is 0. The van der Waals surface area contributed by atoms with Gasteiger partial charge in [0.1, 0.15) is 0 Å². The summed E-state index contributed by atoms with van der Waals surface area (Å²) in [5.74, 6) is 0. The molecule has 0 aromatic rings. The standard InChI is InChI=1S/C4H7.BrH.Hg/c1-3-4-2;;/h3H,1-2H3;1H;/q;;+1/p-1. The molecule has 0 spiro atoms. The van der Waals surface area contributed by atoms with Gasteiger partial charge >= 0.3 is 57.1 Å². The SMILES string of the molecule is C/C=[C](\C)[Hg][Br]. The van der Waals surface area contributed by atoms with E-state index in [1.807, 2.05) is 0 Å². The quantitative estimate of drug-likeness (QED) is 0.645. The van der Waals surface area contributed by atoms with Crippen molar-refractivity contribution in [2.24, 2.45) is 0 Å². The van der Waals surface area contributed by atoms with Gasteiger partial charge in [-0.2, -0.15) is 0 Å². The fraction of sp³-hybridized carbons (Fsp3) is 0.500. The van der Waals surface area contributed by atoms with Gasteiger partial charge in [-0.15, -0.1) is 0 Å². The molecule has 0 aromatic heterocycles. The first-order chi connectivity index (χ1) is 2.81. The van der Waals surface area contributed by atoms with E-state index in [0.29, 0.717) is 0 Å². The van der Waals surface area contributed by atoms with Crippen LogP contribution in [0.4, 0.5) is 0 Å². The number of halogens is 1. The summed E-state index contributed by atoms with van der Waals surface area (Å²) in [6.45, 7) is 4.28. The number of allylic oxidation sites excluding steroid dienone is 2. The summed E-state index contributed by atoms with van der Waals surface area (Å²) in [6.07, 6.45) is 2.19. The van der Waals surface area contributed by atoms with Gasteiger partial charge in [0, 0.05) is 0 Å². The Kier molecular flexibility index (Phi) is 5.15. The summed E-state index contributed by atoms with van der Waals surface area (Å²) in [5, 5.41) is 0. The zero-order chi connectivity index (χ0) is 4.99. The van der Waals surface area contributed by atoms with Gasteiger partial charge in [-0.3, -0.25) is 0 Å². The van der Waals surface area contributed by atoms with E-state index < -0.39 is 22.1 Å². The Morgan fingerprint density at radius 2 is 2.33 bits per heavy atom. The predicted octanol–water partition coefficient (Wildman–Crippen LogP) is 2.30. The van der Waals surface area contributed by atoms with Crippen LogP contribution < -0.4 is 0 Å². The Morgan fingerprint density at radius 3 is 2.33 bits per heavy atom. The molecule has 2 heteroatoms. The third-order valence-corrected chi connectivity index (χ3v) is 11.7. The normalized spacial score (nSPS) is 10.8. The van der Waals surface area contributed by atoms with Crippen molar-refractivity contribution in [2.45, 2.75) is 13.8 Å². The molecular formula is C4H7BrHg. The predicted molar refractivity (Wildman–Crippen MR) is 28.4 cm³/mol. The van der Waals surface area contributed by atoms with Crippen LogP contribution in [0, 0.1) is 0 Å². The molecule has 0 bridgehead atoms. The van der Waals surface area contributed by atoms with Gasteiger partial charge in [0.05, 0.1) is 0 Å². The molecule has 0 aliphatic heterocycles. The molecule has 0 heterocycles. The van der Waals surface area contributed by atoms with Crippen molar-refractivity contribution in [3.8, 4) is 0 Å². The molecule has 6 heavy (non-hydrogen) atoms. The number of hydrogen-bond donors (Lipinski definition) is 0. The summed E-state index contributed by atoms with van der Waals surface area (Å²) >= 11 is 2.95. The molecular weight excluding hydrogens is 329 g/mol. The van der Waals surface area contributed by atoms with Gasteiger partial charge < -0.3 is 0 Å². The molecule has 0 nitrogen and oxygen atoms in total. The van der Waals surface area contributed by atoms with Crippen LogP contribution in [0.3, 0.4) is 0 Å². The first kappa shape index (κ1) is 7.16. The van der Waals surface area contributed by atoms with E-state index in [2.05, 4.69) is 31.8 Å². The van der Waals surface area contributed by atoms with Crippen molar-refractivity contribution in [1.82, 2.24) is 0 Å². The summed E-state index contributed by atoms with van der Waals surface area (Å²) in [7, 11) is 0.